The molecule has 1 N–H and O–H groups in total. The maximum Gasteiger partial charge on any atom is 0.162 e. The molecule has 4 nitrogen and oxygen atoms in total. The molecule has 1 aliphatic rings. The summed E-state index contributed by atoms with van der Waals surface area (Å²) in [6.07, 6.45) is 5.72. The van der Waals surface area contributed by atoms with Crippen molar-refractivity contribution < 1.29 is 9.84 Å². The van der Waals surface area contributed by atoms with Crippen LogP contribution in [0.4, 0.5) is 0 Å². The third kappa shape index (κ3) is 3.00. The number of aromatic nitrogens is 2. The van der Waals surface area contributed by atoms with Crippen LogP contribution >= 0.6 is 0 Å². The summed E-state index contributed by atoms with van der Waals surface area (Å²) >= 11 is 0. The van der Waals surface area contributed by atoms with Gasteiger partial charge in [-0.05, 0) is 50.9 Å². The lowest BCUT2D eigenvalue weighted by Crippen LogP contribution is -2.26. The fourth-order valence-electron chi connectivity index (χ4n) is 3.17. The van der Waals surface area contributed by atoms with Gasteiger partial charge in [-0.3, -0.25) is 4.68 Å². The Morgan fingerprint density at radius 3 is 2.45 bits per heavy atom. The Morgan fingerprint density at radius 1 is 1.35 bits per heavy atom. The van der Waals surface area contributed by atoms with Crippen LogP contribution < -0.4 is 4.74 Å². The van der Waals surface area contributed by atoms with Gasteiger partial charge in [-0.25, -0.2) is 0 Å². The second-order valence-corrected chi connectivity index (χ2v) is 7.08. The van der Waals surface area contributed by atoms with Crippen LogP contribution in [0.1, 0.15) is 71.2 Å². The van der Waals surface area contributed by atoms with Gasteiger partial charge in [0, 0.05) is 6.04 Å². The Hall–Kier alpha value is -1.03. The number of aliphatic hydroxyl groups is 1. The molecular formula is C16H28N2O2. The minimum absolute atomic E-state index is 0.226. The predicted molar refractivity (Wildman–Crippen MR) is 79.9 cm³/mol. The zero-order valence-electron chi connectivity index (χ0n) is 13.4. The lowest BCUT2D eigenvalue weighted by molar-refractivity contribution is 0.0480. The molecule has 4 heteroatoms. The molecule has 20 heavy (non-hydrogen) atoms. The second kappa shape index (κ2) is 5.76. The maximum atomic E-state index is 10.8. The van der Waals surface area contributed by atoms with Gasteiger partial charge in [-0.1, -0.05) is 13.8 Å². The molecule has 0 spiro atoms. The molecule has 1 saturated carbocycles. The van der Waals surface area contributed by atoms with E-state index in [1.165, 1.54) is 12.8 Å². The number of ether oxygens (including phenoxy) is 1. The molecule has 1 atom stereocenters. The molecule has 1 aromatic rings. The number of hydrogen-bond acceptors (Lipinski definition) is 3. The Bertz CT molecular complexity index is 441. The number of methoxy groups -OCH3 is 1. The first-order chi connectivity index (χ1) is 9.35. The van der Waals surface area contributed by atoms with Gasteiger partial charge in [0.05, 0.1) is 13.3 Å². The lowest BCUT2D eigenvalue weighted by atomic mass is 9.71. The molecule has 2 rings (SSSR count). The van der Waals surface area contributed by atoms with Crippen LogP contribution in [0.5, 0.6) is 5.75 Å². The molecule has 1 aliphatic carbocycles. The fraction of sp³-hybridized carbons (Fsp3) is 0.812. The van der Waals surface area contributed by atoms with Gasteiger partial charge in [-0.2, -0.15) is 5.10 Å². The number of aliphatic hydroxyl groups excluding tert-OH is 1. The van der Waals surface area contributed by atoms with Crippen molar-refractivity contribution in [2.24, 2.45) is 11.3 Å². The highest BCUT2D eigenvalue weighted by Gasteiger charge is 2.34. The summed E-state index contributed by atoms with van der Waals surface area (Å²) in [7, 11) is 1.64. The number of rotatable bonds is 4. The highest BCUT2D eigenvalue weighted by atomic mass is 16.5. The summed E-state index contributed by atoms with van der Waals surface area (Å²) in [5, 5.41) is 15.2. The maximum absolute atomic E-state index is 10.8. The van der Waals surface area contributed by atoms with E-state index in [4.69, 9.17) is 4.74 Å². The summed E-state index contributed by atoms with van der Waals surface area (Å²) in [5.74, 6) is 1.02. The fourth-order valence-corrected chi connectivity index (χ4v) is 3.17. The summed E-state index contributed by atoms with van der Waals surface area (Å²) in [4.78, 5) is 0. The van der Waals surface area contributed by atoms with Gasteiger partial charge in [0.25, 0.3) is 0 Å². The quantitative estimate of drug-likeness (QED) is 0.914. The van der Waals surface area contributed by atoms with E-state index >= 15 is 0 Å². The molecule has 1 fully saturated rings. The van der Waals surface area contributed by atoms with Crippen LogP contribution in [0.25, 0.3) is 0 Å². The highest BCUT2D eigenvalue weighted by Crippen LogP contribution is 2.44. The van der Waals surface area contributed by atoms with Crippen molar-refractivity contribution in [3.05, 3.63) is 11.9 Å². The van der Waals surface area contributed by atoms with Crippen molar-refractivity contribution in [2.45, 2.75) is 65.5 Å². The molecule has 1 heterocycles. The molecule has 0 amide bonds. The third-order valence-electron chi connectivity index (χ3n) is 4.62. The second-order valence-electron chi connectivity index (χ2n) is 7.08. The summed E-state index contributed by atoms with van der Waals surface area (Å²) in [6.45, 7) is 8.78. The van der Waals surface area contributed by atoms with E-state index in [1.54, 1.807) is 13.3 Å². The van der Waals surface area contributed by atoms with E-state index in [0.717, 1.165) is 18.5 Å². The van der Waals surface area contributed by atoms with Gasteiger partial charge in [0.2, 0.25) is 0 Å². The molecule has 0 aliphatic heterocycles. The van der Waals surface area contributed by atoms with E-state index in [0.29, 0.717) is 17.1 Å². The standard InChI is InChI=1S/C16H28N2O2/c1-11(2)18-14(13(20-5)10-17-18)15(19)12-6-8-16(3,4)9-7-12/h10-12,15,19H,6-9H2,1-5H3. The van der Waals surface area contributed by atoms with Crippen LogP contribution in [-0.4, -0.2) is 22.0 Å². The van der Waals surface area contributed by atoms with Crippen LogP contribution in [-0.2, 0) is 0 Å². The predicted octanol–water partition coefficient (Wildman–Crippen LogP) is 3.72. The van der Waals surface area contributed by atoms with Crippen LogP contribution in [0.3, 0.4) is 0 Å². The van der Waals surface area contributed by atoms with Gasteiger partial charge in [-0.15, -0.1) is 0 Å². The molecule has 0 radical (unpaired) electrons. The minimum atomic E-state index is -0.481. The van der Waals surface area contributed by atoms with Crippen molar-refractivity contribution in [1.29, 1.82) is 0 Å². The molecular weight excluding hydrogens is 252 g/mol. The van der Waals surface area contributed by atoms with Crippen LogP contribution in [0.2, 0.25) is 0 Å². The normalized spacial score (nSPS) is 21.1. The van der Waals surface area contributed by atoms with E-state index < -0.39 is 6.10 Å². The van der Waals surface area contributed by atoms with Crippen molar-refractivity contribution in [1.82, 2.24) is 9.78 Å². The van der Waals surface area contributed by atoms with E-state index in [2.05, 4.69) is 32.8 Å². The first kappa shape index (κ1) is 15.4. The van der Waals surface area contributed by atoms with E-state index in [1.807, 2.05) is 4.68 Å². The topological polar surface area (TPSA) is 47.3 Å². The van der Waals surface area contributed by atoms with E-state index in [-0.39, 0.29) is 6.04 Å². The average molecular weight is 280 g/mol. The SMILES string of the molecule is COc1cnn(C(C)C)c1C(O)C1CCC(C)(C)CC1. The first-order valence-electron chi connectivity index (χ1n) is 7.65. The Balaban J connectivity index is 2.20. The molecule has 0 saturated heterocycles. The summed E-state index contributed by atoms with van der Waals surface area (Å²) in [5.41, 5.74) is 1.26. The zero-order chi connectivity index (χ0) is 14.9. The number of hydrogen-bond donors (Lipinski definition) is 1. The summed E-state index contributed by atoms with van der Waals surface area (Å²) in [6, 6.07) is 0.226. The zero-order valence-corrected chi connectivity index (χ0v) is 13.4. The van der Waals surface area contributed by atoms with Crippen molar-refractivity contribution in [3.8, 4) is 5.75 Å². The largest absolute Gasteiger partial charge is 0.493 e. The molecule has 1 aromatic heterocycles. The molecule has 0 aromatic carbocycles. The third-order valence-corrected chi connectivity index (χ3v) is 4.62. The monoisotopic (exact) mass is 280 g/mol. The van der Waals surface area contributed by atoms with Crippen molar-refractivity contribution >= 4 is 0 Å². The molecule has 114 valence electrons. The van der Waals surface area contributed by atoms with Crippen LogP contribution in [0.15, 0.2) is 6.20 Å². The smallest absolute Gasteiger partial charge is 0.162 e. The lowest BCUT2D eigenvalue weighted by Gasteiger charge is -2.36. The van der Waals surface area contributed by atoms with Crippen LogP contribution in [0, 0.1) is 11.3 Å². The van der Waals surface area contributed by atoms with Gasteiger partial charge in [0.1, 0.15) is 11.8 Å². The van der Waals surface area contributed by atoms with Gasteiger partial charge in [0.15, 0.2) is 5.75 Å². The highest BCUT2D eigenvalue weighted by molar-refractivity contribution is 5.28. The Morgan fingerprint density at radius 2 is 1.95 bits per heavy atom. The Kier molecular flexibility index (Phi) is 4.43. The molecule has 0 bridgehead atoms. The van der Waals surface area contributed by atoms with E-state index in [9.17, 15) is 5.11 Å². The minimum Gasteiger partial charge on any atom is -0.493 e. The first-order valence-corrected chi connectivity index (χ1v) is 7.65. The van der Waals surface area contributed by atoms with Gasteiger partial charge >= 0.3 is 0 Å². The Labute approximate surface area is 122 Å². The van der Waals surface area contributed by atoms with Crippen molar-refractivity contribution in [3.63, 3.8) is 0 Å². The van der Waals surface area contributed by atoms with Gasteiger partial charge < -0.3 is 9.84 Å². The molecule has 1 unspecified atom stereocenters. The summed E-state index contributed by atoms with van der Waals surface area (Å²) < 4.78 is 7.28. The average Bonchev–Trinajstić information content (AvgIpc) is 2.81. The number of nitrogens with zero attached hydrogens (tertiary/aromatic N) is 2. The van der Waals surface area contributed by atoms with Crippen molar-refractivity contribution in [2.75, 3.05) is 7.11 Å².